The molecule has 0 saturated heterocycles. The highest BCUT2D eigenvalue weighted by molar-refractivity contribution is 6.09. The Morgan fingerprint density at radius 1 is 1.00 bits per heavy atom. The van der Waals surface area contributed by atoms with Crippen LogP contribution in [0.25, 0.3) is 22.2 Å². The van der Waals surface area contributed by atoms with Crippen LogP contribution in [0, 0.1) is 0 Å². The van der Waals surface area contributed by atoms with Crippen molar-refractivity contribution in [1.29, 1.82) is 0 Å². The number of benzene rings is 1. The molecule has 4 rings (SSSR count). The van der Waals surface area contributed by atoms with Crippen LogP contribution in [0.2, 0.25) is 0 Å². The Hall–Kier alpha value is -3.34. The van der Waals surface area contributed by atoms with Gasteiger partial charge in [-0.05, 0) is 36.4 Å². The van der Waals surface area contributed by atoms with Crippen LogP contribution in [0.5, 0.6) is 0 Å². The molecule has 0 saturated carbocycles. The molecule has 0 spiro atoms. The third-order valence-corrected chi connectivity index (χ3v) is 3.67. The maximum Gasteiger partial charge on any atom is 0.295 e. The number of hydrogen-bond acceptors (Lipinski definition) is 3. The molecule has 1 aromatic heterocycles. The lowest BCUT2D eigenvalue weighted by Gasteiger charge is -1.98. The largest absolute Gasteiger partial charge is 0.359 e. The molecule has 2 aliphatic rings. The van der Waals surface area contributed by atoms with Crippen LogP contribution in [0.1, 0.15) is 10.4 Å². The lowest BCUT2D eigenvalue weighted by atomic mass is 10.2. The number of rotatable bonds is 2. The van der Waals surface area contributed by atoms with Gasteiger partial charge in [0.25, 0.3) is 5.91 Å². The van der Waals surface area contributed by atoms with Gasteiger partial charge in [-0.25, -0.2) is 0 Å². The molecule has 1 aliphatic carbocycles. The fourth-order valence-corrected chi connectivity index (χ4v) is 2.61. The molecule has 1 N–H and O–H groups in total. The number of nitrogens with one attached hydrogen (secondary N) is 1. The number of fused-ring (bicyclic) bond motifs is 3. The zero-order chi connectivity index (χ0) is 15.6. The van der Waals surface area contributed by atoms with E-state index in [0.717, 1.165) is 22.2 Å². The molecule has 110 valence electrons. The molecule has 0 fully saturated rings. The second kappa shape index (κ2) is 5.46. The summed E-state index contributed by atoms with van der Waals surface area (Å²) < 4.78 is 0. The molecule has 1 aromatic carbocycles. The second-order valence-electron chi connectivity index (χ2n) is 5.08. The number of aromatic nitrogens is 2. The predicted octanol–water partition coefficient (Wildman–Crippen LogP) is 4.59. The summed E-state index contributed by atoms with van der Waals surface area (Å²) in [6, 6.07) is 16.5. The van der Waals surface area contributed by atoms with E-state index in [1.807, 2.05) is 36.5 Å². The molecular formula is C18H12N4O. The van der Waals surface area contributed by atoms with Gasteiger partial charge < -0.3 is 4.98 Å². The highest BCUT2D eigenvalue weighted by atomic mass is 16.1. The first-order valence-corrected chi connectivity index (χ1v) is 7.19. The molecule has 0 atom stereocenters. The maximum atomic E-state index is 12.1. The van der Waals surface area contributed by atoms with E-state index in [2.05, 4.69) is 20.2 Å². The molecule has 2 aromatic rings. The smallest absolute Gasteiger partial charge is 0.295 e. The van der Waals surface area contributed by atoms with Crippen molar-refractivity contribution in [3.63, 3.8) is 0 Å². The Morgan fingerprint density at radius 3 is 2.74 bits per heavy atom. The van der Waals surface area contributed by atoms with Crippen LogP contribution in [0.3, 0.4) is 0 Å². The molecule has 1 aliphatic heterocycles. The number of carbonyl (C=O) groups is 1. The number of carbonyl (C=O) groups excluding carboxylic acids is 1. The minimum absolute atomic E-state index is 0.364. The van der Waals surface area contributed by atoms with E-state index in [1.54, 1.807) is 30.5 Å². The summed E-state index contributed by atoms with van der Waals surface area (Å²) in [5, 5.41) is 8.97. The van der Waals surface area contributed by atoms with Gasteiger partial charge in [0.15, 0.2) is 0 Å². The number of amides is 1. The van der Waals surface area contributed by atoms with E-state index in [0.29, 0.717) is 11.3 Å². The van der Waals surface area contributed by atoms with Crippen LogP contribution in [0.15, 0.2) is 77.2 Å². The minimum Gasteiger partial charge on any atom is -0.359 e. The summed E-state index contributed by atoms with van der Waals surface area (Å²) >= 11 is 0. The van der Waals surface area contributed by atoms with Crippen molar-refractivity contribution >= 4 is 22.5 Å². The van der Waals surface area contributed by atoms with Crippen molar-refractivity contribution in [1.82, 2.24) is 9.97 Å². The number of H-pyrrole nitrogens is 1. The molecular weight excluding hydrogens is 288 g/mol. The quantitative estimate of drug-likeness (QED) is 0.550. The molecule has 0 bridgehead atoms. The van der Waals surface area contributed by atoms with E-state index in [1.165, 1.54) is 0 Å². The summed E-state index contributed by atoms with van der Waals surface area (Å²) in [7, 11) is 0. The number of hydrogen-bond donors (Lipinski definition) is 1. The highest BCUT2D eigenvalue weighted by Crippen LogP contribution is 2.42. The van der Waals surface area contributed by atoms with E-state index in [-0.39, 0.29) is 5.91 Å². The zero-order valence-electron chi connectivity index (χ0n) is 12.1. The van der Waals surface area contributed by atoms with Gasteiger partial charge in [0, 0.05) is 28.9 Å². The number of pyridine rings is 2. The number of nitrogens with zero attached hydrogens (tertiary/aromatic N) is 3. The van der Waals surface area contributed by atoms with Gasteiger partial charge in [-0.15, -0.1) is 10.2 Å². The van der Waals surface area contributed by atoms with Crippen molar-refractivity contribution in [2.24, 2.45) is 10.2 Å². The number of aromatic amines is 1. The standard InChI is InChI=1S/C18H12N4O/c23-18(12-6-2-1-3-7-12)22-21-15-13-8-4-10-19-16(13)17-14(15)9-5-11-20-17/h1-11,19H. The monoisotopic (exact) mass is 300 g/mol. The summed E-state index contributed by atoms with van der Waals surface area (Å²) in [5.74, 6) is -0.364. The van der Waals surface area contributed by atoms with Crippen molar-refractivity contribution in [2.75, 3.05) is 0 Å². The van der Waals surface area contributed by atoms with Crippen LogP contribution in [-0.4, -0.2) is 15.9 Å². The van der Waals surface area contributed by atoms with Crippen molar-refractivity contribution in [3.05, 3.63) is 72.6 Å². The first kappa shape index (κ1) is 13.3. The van der Waals surface area contributed by atoms with Gasteiger partial charge >= 0.3 is 0 Å². The summed E-state index contributed by atoms with van der Waals surface area (Å²) in [6.07, 6.45) is 3.57. The molecule has 23 heavy (non-hydrogen) atoms. The van der Waals surface area contributed by atoms with E-state index < -0.39 is 0 Å². The Morgan fingerprint density at radius 2 is 1.87 bits per heavy atom. The van der Waals surface area contributed by atoms with Crippen LogP contribution >= 0.6 is 0 Å². The topological polar surface area (TPSA) is 70.5 Å². The normalized spacial score (nSPS) is 11.5. The van der Waals surface area contributed by atoms with E-state index in [9.17, 15) is 4.79 Å². The minimum atomic E-state index is -0.364. The Kier molecular flexibility index (Phi) is 3.16. The van der Waals surface area contributed by atoms with Crippen molar-refractivity contribution in [2.45, 2.75) is 0 Å². The SMILES string of the molecule is O=C(N=Nc1c2ccc[nH]c-2c2ncccc12)c1ccccc1. The van der Waals surface area contributed by atoms with Gasteiger partial charge in [-0.3, -0.25) is 9.78 Å². The number of azo groups is 1. The first-order chi connectivity index (χ1) is 11.3. The van der Waals surface area contributed by atoms with Gasteiger partial charge in [0.2, 0.25) is 0 Å². The van der Waals surface area contributed by atoms with Gasteiger partial charge in [0.05, 0.1) is 11.2 Å². The molecule has 5 heteroatoms. The fourth-order valence-electron chi connectivity index (χ4n) is 2.61. The molecule has 2 heterocycles. The average Bonchev–Trinajstić information content (AvgIpc) is 2.94. The summed E-state index contributed by atoms with van der Waals surface area (Å²) in [6.45, 7) is 0. The highest BCUT2D eigenvalue weighted by Gasteiger charge is 2.18. The van der Waals surface area contributed by atoms with Crippen molar-refractivity contribution in [3.8, 4) is 11.3 Å². The van der Waals surface area contributed by atoms with Crippen LogP contribution in [0.4, 0.5) is 5.69 Å². The molecule has 5 nitrogen and oxygen atoms in total. The Bertz CT molecular complexity index is 988. The summed E-state index contributed by atoms with van der Waals surface area (Å²) in [4.78, 5) is 19.7. The third-order valence-electron chi connectivity index (χ3n) is 3.67. The average molecular weight is 300 g/mol. The molecule has 0 radical (unpaired) electrons. The third kappa shape index (κ3) is 2.28. The fraction of sp³-hybridized carbons (Fsp3) is 0. The maximum absolute atomic E-state index is 12.1. The predicted molar refractivity (Wildman–Crippen MR) is 88.0 cm³/mol. The van der Waals surface area contributed by atoms with Crippen LogP contribution in [-0.2, 0) is 0 Å². The first-order valence-electron chi connectivity index (χ1n) is 7.19. The second-order valence-corrected chi connectivity index (χ2v) is 5.08. The van der Waals surface area contributed by atoms with Gasteiger partial charge in [-0.2, -0.15) is 0 Å². The summed E-state index contributed by atoms with van der Waals surface area (Å²) in [5.41, 5.74) is 3.78. The Labute approximate surface area is 132 Å². The molecule has 1 amide bonds. The van der Waals surface area contributed by atoms with Crippen LogP contribution < -0.4 is 0 Å². The van der Waals surface area contributed by atoms with E-state index >= 15 is 0 Å². The van der Waals surface area contributed by atoms with E-state index in [4.69, 9.17) is 0 Å². The van der Waals surface area contributed by atoms with Gasteiger partial charge in [0.1, 0.15) is 5.69 Å². The van der Waals surface area contributed by atoms with Gasteiger partial charge in [-0.1, -0.05) is 18.2 Å². The Balaban J connectivity index is 1.82. The zero-order valence-corrected chi connectivity index (χ0v) is 12.1. The van der Waals surface area contributed by atoms with Crippen molar-refractivity contribution < 1.29 is 4.79 Å². The lowest BCUT2D eigenvalue weighted by Crippen LogP contribution is -1.92. The lowest BCUT2D eigenvalue weighted by molar-refractivity contribution is 0.0995. The molecule has 0 unspecified atom stereocenters.